The first-order chi connectivity index (χ1) is 11.9. The molecule has 0 rings (SSSR count). The summed E-state index contributed by atoms with van der Waals surface area (Å²) in [7, 11) is 0. The molecule has 0 spiro atoms. The molecule has 9 heteroatoms. The van der Waals surface area contributed by atoms with E-state index in [2.05, 4.69) is 0 Å². The second kappa shape index (κ2) is 15.9. The Hall–Kier alpha value is -0.360. The lowest BCUT2D eigenvalue weighted by Gasteiger charge is -2.23. The average molecular weight is 370 g/mol. The Labute approximate surface area is 149 Å². The summed E-state index contributed by atoms with van der Waals surface area (Å²) in [6, 6.07) is 0. The van der Waals surface area contributed by atoms with Crippen molar-refractivity contribution in [3.05, 3.63) is 0 Å². The van der Waals surface area contributed by atoms with Crippen LogP contribution in [0.3, 0.4) is 0 Å². The van der Waals surface area contributed by atoms with Gasteiger partial charge < -0.3 is 44.5 Å². The van der Waals surface area contributed by atoms with Gasteiger partial charge in [-0.3, -0.25) is 0 Å². The first kappa shape index (κ1) is 24.6. The van der Waals surface area contributed by atoms with E-state index in [1.54, 1.807) is 6.92 Å². The first-order valence-corrected chi connectivity index (χ1v) is 8.57. The van der Waals surface area contributed by atoms with Crippen LogP contribution in [0.15, 0.2) is 0 Å². The lowest BCUT2D eigenvalue weighted by Crippen LogP contribution is -2.34. The van der Waals surface area contributed by atoms with Crippen molar-refractivity contribution in [1.82, 2.24) is 0 Å². The predicted octanol–water partition coefficient (Wildman–Crippen LogP) is -1.71. The van der Waals surface area contributed by atoms with E-state index < -0.39 is 31.0 Å². The second-order valence-corrected chi connectivity index (χ2v) is 5.92. The molecule has 0 radical (unpaired) electrons. The van der Waals surface area contributed by atoms with E-state index in [1.165, 1.54) is 0 Å². The summed E-state index contributed by atoms with van der Waals surface area (Å²) < 4.78 is 21.8. The molecule has 0 saturated heterocycles. The molecule has 152 valence electrons. The number of aliphatic hydroxyl groups is 5. The van der Waals surface area contributed by atoms with Gasteiger partial charge in [0.25, 0.3) is 0 Å². The second-order valence-electron chi connectivity index (χ2n) is 5.92. The van der Waals surface area contributed by atoms with Crippen LogP contribution in [0.1, 0.15) is 20.3 Å². The van der Waals surface area contributed by atoms with Gasteiger partial charge in [-0.2, -0.15) is 0 Å². The molecule has 5 unspecified atom stereocenters. The molecule has 0 bridgehead atoms. The number of ether oxygens (including phenoxy) is 4. The van der Waals surface area contributed by atoms with Crippen LogP contribution in [0, 0.1) is 0 Å². The average Bonchev–Trinajstić information content (AvgIpc) is 2.60. The van der Waals surface area contributed by atoms with Gasteiger partial charge in [0.15, 0.2) is 0 Å². The summed E-state index contributed by atoms with van der Waals surface area (Å²) in [6.07, 6.45) is -2.52. The minimum Gasteiger partial charge on any atom is -0.394 e. The molecule has 0 amide bonds. The van der Waals surface area contributed by atoms with Crippen molar-refractivity contribution in [2.75, 3.05) is 52.9 Å². The minimum absolute atomic E-state index is 0.0243. The molecule has 0 saturated carbocycles. The molecule has 0 fully saturated rings. The Morgan fingerprint density at radius 1 is 0.680 bits per heavy atom. The molecular weight excluding hydrogens is 336 g/mol. The topological polar surface area (TPSA) is 138 Å². The van der Waals surface area contributed by atoms with E-state index in [0.29, 0.717) is 6.42 Å². The van der Waals surface area contributed by atoms with Gasteiger partial charge in [-0.05, 0) is 13.3 Å². The fraction of sp³-hybridized carbons (Fsp3) is 1.00. The fourth-order valence-corrected chi connectivity index (χ4v) is 1.73. The van der Waals surface area contributed by atoms with Gasteiger partial charge in [0, 0.05) is 0 Å². The summed E-state index contributed by atoms with van der Waals surface area (Å²) in [5, 5.41) is 45.4. The maximum atomic E-state index is 9.37. The zero-order valence-corrected chi connectivity index (χ0v) is 15.1. The number of rotatable bonds is 17. The van der Waals surface area contributed by atoms with Crippen molar-refractivity contribution < 1.29 is 44.5 Å². The normalized spacial score (nSPS) is 17.9. The van der Waals surface area contributed by atoms with Crippen LogP contribution in [0.25, 0.3) is 0 Å². The Kier molecular flexibility index (Phi) is 15.6. The maximum Gasteiger partial charge on any atom is 0.104 e. The highest BCUT2D eigenvalue weighted by atomic mass is 16.6. The van der Waals surface area contributed by atoms with Crippen LogP contribution in [0.2, 0.25) is 0 Å². The highest BCUT2D eigenvalue weighted by Crippen LogP contribution is 2.05. The SMILES string of the molecule is CCC(COCC(O)CO)OCC(COCC(C)O)OCC(O)CO. The van der Waals surface area contributed by atoms with Gasteiger partial charge in [-0.25, -0.2) is 0 Å². The van der Waals surface area contributed by atoms with Crippen molar-refractivity contribution in [3.63, 3.8) is 0 Å². The molecule has 5 atom stereocenters. The van der Waals surface area contributed by atoms with E-state index in [4.69, 9.17) is 29.2 Å². The Bertz CT molecular complexity index is 291. The van der Waals surface area contributed by atoms with E-state index in [0.717, 1.165) is 0 Å². The molecule has 25 heavy (non-hydrogen) atoms. The molecule has 5 N–H and O–H groups in total. The highest BCUT2D eigenvalue weighted by molar-refractivity contribution is 4.63. The van der Waals surface area contributed by atoms with Gasteiger partial charge >= 0.3 is 0 Å². The Balaban J connectivity index is 4.23. The van der Waals surface area contributed by atoms with Crippen LogP contribution in [-0.2, 0) is 18.9 Å². The van der Waals surface area contributed by atoms with Gasteiger partial charge in [-0.15, -0.1) is 0 Å². The third kappa shape index (κ3) is 14.5. The zero-order chi connectivity index (χ0) is 19.1. The summed E-state index contributed by atoms with van der Waals surface area (Å²) in [6.45, 7) is 3.50. The van der Waals surface area contributed by atoms with E-state index in [1.807, 2.05) is 6.92 Å². The third-order valence-electron chi connectivity index (χ3n) is 3.20. The molecule has 0 aromatic carbocycles. The van der Waals surface area contributed by atoms with Crippen molar-refractivity contribution in [1.29, 1.82) is 0 Å². The Morgan fingerprint density at radius 2 is 1.20 bits per heavy atom. The van der Waals surface area contributed by atoms with Crippen LogP contribution < -0.4 is 0 Å². The lowest BCUT2D eigenvalue weighted by atomic mass is 10.3. The maximum absolute atomic E-state index is 9.37. The summed E-state index contributed by atoms with van der Waals surface area (Å²) in [4.78, 5) is 0. The molecule has 0 aliphatic carbocycles. The molecule has 0 aliphatic heterocycles. The summed E-state index contributed by atoms with van der Waals surface area (Å²) >= 11 is 0. The fourth-order valence-electron chi connectivity index (χ4n) is 1.73. The van der Waals surface area contributed by atoms with Gasteiger partial charge in [-0.1, -0.05) is 6.92 Å². The molecule has 0 heterocycles. The lowest BCUT2D eigenvalue weighted by molar-refractivity contribution is -0.116. The van der Waals surface area contributed by atoms with Crippen LogP contribution in [0.4, 0.5) is 0 Å². The summed E-state index contributed by atoms with van der Waals surface area (Å²) in [5.74, 6) is 0. The van der Waals surface area contributed by atoms with Gasteiger partial charge in [0.2, 0.25) is 0 Å². The molecular formula is C16H34O9. The number of aliphatic hydroxyl groups excluding tert-OH is 5. The highest BCUT2D eigenvalue weighted by Gasteiger charge is 2.17. The van der Waals surface area contributed by atoms with E-state index >= 15 is 0 Å². The zero-order valence-electron chi connectivity index (χ0n) is 15.1. The smallest absolute Gasteiger partial charge is 0.104 e. The number of hydrogen-bond acceptors (Lipinski definition) is 9. The van der Waals surface area contributed by atoms with Crippen LogP contribution in [0.5, 0.6) is 0 Å². The summed E-state index contributed by atoms with van der Waals surface area (Å²) in [5.41, 5.74) is 0. The molecule has 9 nitrogen and oxygen atoms in total. The minimum atomic E-state index is -0.982. The van der Waals surface area contributed by atoms with E-state index in [9.17, 15) is 15.3 Å². The molecule has 0 aliphatic rings. The van der Waals surface area contributed by atoms with Crippen molar-refractivity contribution >= 4 is 0 Å². The van der Waals surface area contributed by atoms with Crippen molar-refractivity contribution in [2.45, 2.75) is 50.8 Å². The number of hydrogen-bond donors (Lipinski definition) is 5. The predicted molar refractivity (Wildman–Crippen MR) is 89.3 cm³/mol. The standard InChI is InChI=1S/C16H34O9/c1-3-15(9-23-7-13(20)4-17)25-11-16(10-22-6-12(2)19)24-8-14(21)5-18/h12-21H,3-11H2,1-2H3. The quantitative estimate of drug-likeness (QED) is 0.202. The molecule has 0 aromatic rings. The van der Waals surface area contributed by atoms with Crippen LogP contribution >= 0.6 is 0 Å². The molecule has 0 aromatic heterocycles. The van der Waals surface area contributed by atoms with Crippen molar-refractivity contribution in [2.24, 2.45) is 0 Å². The largest absolute Gasteiger partial charge is 0.394 e. The Morgan fingerprint density at radius 3 is 1.76 bits per heavy atom. The monoisotopic (exact) mass is 370 g/mol. The van der Waals surface area contributed by atoms with Gasteiger partial charge in [0.1, 0.15) is 18.3 Å². The first-order valence-electron chi connectivity index (χ1n) is 8.57. The van der Waals surface area contributed by atoms with Crippen molar-refractivity contribution in [3.8, 4) is 0 Å². The van der Waals surface area contributed by atoms with Crippen LogP contribution in [-0.4, -0.2) is 109 Å². The van der Waals surface area contributed by atoms with E-state index in [-0.39, 0.29) is 52.4 Å². The van der Waals surface area contributed by atoms with Gasteiger partial charge in [0.05, 0.1) is 65.1 Å². The third-order valence-corrected chi connectivity index (χ3v) is 3.20.